The first-order valence-electron chi connectivity index (χ1n) is 5.44. The minimum atomic E-state index is 0.839. The first kappa shape index (κ1) is 12.4. The number of nitrogens with zero attached hydrogens (tertiary/aromatic N) is 1. The predicted molar refractivity (Wildman–Crippen MR) is 77.7 cm³/mol. The van der Waals surface area contributed by atoms with E-state index in [0.717, 1.165) is 29.1 Å². The van der Waals surface area contributed by atoms with E-state index in [9.17, 15) is 0 Å². The van der Waals surface area contributed by atoms with Crippen LogP contribution < -0.4 is 10.6 Å². The Balaban J connectivity index is 1.96. The van der Waals surface area contributed by atoms with Crippen LogP contribution in [0.1, 0.15) is 11.8 Å². The zero-order valence-electron chi connectivity index (χ0n) is 9.53. The van der Waals surface area contributed by atoms with Gasteiger partial charge in [-0.05, 0) is 35.0 Å². The lowest BCUT2D eigenvalue weighted by Crippen LogP contribution is -2.01. The Hall–Kier alpha value is -1.07. The Bertz CT molecular complexity index is 484. The molecule has 0 aliphatic carbocycles. The summed E-state index contributed by atoms with van der Waals surface area (Å²) in [6, 6.07) is 6.12. The number of aromatic nitrogens is 1. The molecule has 0 unspecified atom stereocenters. The largest absolute Gasteiger partial charge is 0.380 e. The molecule has 2 rings (SSSR count). The number of rotatable bonds is 5. The molecule has 0 radical (unpaired) electrons. The van der Waals surface area contributed by atoms with Gasteiger partial charge in [0.2, 0.25) is 0 Å². The molecule has 0 aliphatic rings. The number of thiophene rings is 1. The molecule has 90 valence electrons. The molecule has 2 N–H and O–H groups in total. The van der Waals surface area contributed by atoms with E-state index in [0.29, 0.717) is 0 Å². The third-order valence-electron chi connectivity index (χ3n) is 2.21. The van der Waals surface area contributed by atoms with Gasteiger partial charge in [0.05, 0.1) is 0 Å². The third kappa shape index (κ3) is 3.71. The molecule has 0 amide bonds. The summed E-state index contributed by atoms with van der Waals surface area (Å²) >= 11 is 5.20. The van der Waals surface area contributed by atoms with Crippen LogP contribution in [0.2, 0.25) is 0 Å². The topological polar surface area (TPSA) is 37.0 Å². The van der Waals surface area contributed by atoms with E-state index in [1.807, 2.05) is 18.3 Å². The molecule has 0 atom stereocenters. The normalized spacial score (nSPS) is 10.2. The van der Waals surface area contributed by atoms with Crippen LogP contribution in [0.15, 0.2) is 34.2 Å². The van der Waals surface area contributed by atoms with E-state index in [1.165, 1.54) is 4.88 Å². The van der Waals surface area contributed by atoms with Crippen molar-refractivity contribution in [3.8, 4) is 0 Å². The Kier molecular flexibility index (Phi) is 4.39. The van der Waals surface area contributed by atoms with Crippen molar-refractivity contribution >= 4 is 38.8 Å². The molecular formula is C12H14BrN3S. The zero-order chi connectivity index (χ0) is 12.1. The van der Waals surface area contributed by atoms with Crippen molar-refractivity contribution in [2.24, 2.45) is 0 Å². The Morgan fingerprint density at radius 2 is 2.24 bits per heavy atom. The quantitative estimate of drug-likeness (QED) is 0.878. The maximum Gasteiger partial charge on any atom is 0.127 e. The van der Waals surface area contributed by atoms with Crippen LogP contribution in [0.5, 0.6) is 0 Å². The Morgan fingerprint density at radius 3 is 2.94 bits per heavy atom. The maximum absolute atomic E-state index is 4.23. The van der Waals surface area contributed by atoms with E-state index < -0.39 is 0 Å². The van der Waals surface area contributed by atoms with Gasteiger partial charge in [-0.15, -0.1) is 11.3 Å². The summed E-state index contributed by atoms with van der Waals surface area (Å²) < 4.78 is 1.14. The van der Waals surface area contributed by atoms with E-state index in [-0.39, 0.29) is 0 Å². The second-order valence-corrected chi connectivity index (χ2v) is 5.46. The molecule has 5 heteroatoms. The standard InChI is InChI=1S/C12H14BrN3S/c1-2-14-12-6-10(3-4-15-12)16-7-11-5-9(13)8-17-11/h3-6,8H,2,7H2,1H3,(H2,14,15,16). The number of halogens is 1. The highest BCUT2D eigenvalue weighted by molar-refractivity contribution is 9.10. The molecule has 17 heavy (non-hydrogen) atoms. The second-order valence-electron chi connectivity index (χ2n) is 3.54. The van der Waals surface area contributed by atoms with Crippen LogP contribution in [0, 0.1) is 0 Å². The fourth-order valence-corrected chi connectivity index (χ4v) is 2.84. The third-order valence-corrected chi connectivity index (χ3v) is 3.90. The minimum Gasteiger partial charge on any atom is -0.380 e. The predicted octanol–water partition coefficient (Wildman–Crippen LogP) is 3.95. The molecule has 3 nitrogen and oxygen atoms in total. The monoisotopic (exact) mass is 311 g/mol. The molecule has 0 fully saturated rings. The molecule has 0 aromatic carbocycles. The van der Waals surface area contributed by atoms with Crippen LogP contribution >= 0.6 is 27.3 Å². The lowest BCUT2D eigenvalue weighted by Gasteiger charge is -2.07. The summed E-state index contributed by atoms with van der Waals surface area (Å²) in [6.45, 7) is 3.78. The van der Waals surface area contributed by atoms with Gasteiger partial charge in [-0.2, -0.15) is 0 Å². The van der Waals surface area contributed by atoms with Crippen LogP contribution in [-0.4, -0.2) is 11.5 Å². The summed E-state index contributed by atoms with van der Waals surface area (Å²) in [4.78, 5) is 5.54. The molecule has 2 aromatic rings. The molecule has 2 aromatic heterocycles. The zero-order valence-corrected chi connectivity index (χ0v) is 11.9. The summed E-state index contributed by atoms with van der Waals surface area (Å²) in [5.41, 5.74) is 1.08. The minimum absolute atomic E-state index is 0.839. The number of pyridine rings is 1. The molecule has 2 heterocycles. The van der Waals surface area contributed by atoms with Crippen LogP contribution in [-0.2, 0) is 6.54 Å². The van der Waals surface area contributed by atoms with Crippen molar-refractivity contribution in [1.29, 1.82) is 0 Å². The number of hydrogen-bond acceptors (Lipinski definition) is 4. The summed E-state index contributed by atoms with van der Waals surface area (Å²) in [5.74, 6) is 0.907. The van der Waals surface area contributed by atoms with E-state index >= 15 is 0 Å². The van der Waals surface area contributed by atoms with Crippen molar-refractivity contribution in [3.05, 3.63) is 39.1 Å². The molecule has 0 spiro atoms. The van der Waals surface area contributed by atoms with Crippen molar-refractivity contribution in [1.82, 2.24) is 4.98 Å². The highest BCUT2D eigenvalue weighted by Crippen LogP contribution is 2.21. The first-order chi connectivity index (χ1) is 8.28. The van der Waals surface area contributed by atoms with Gasteiger partial charge in [-0.3, -0.25) is 0 Å². The summed E-state index contributed by atoms with van der Waals surface area (Å²) in [6.07, 6.45) is 1.81. The first-order valence-corrected chi connectivity index (χ1v) is 7.12. The van der Waals surface area contributed by atoms with E-state index in [2.05, 4.69) is 49.9 Å². The van der Waals surface area contributed by atoms with Crippen molar-refractivity contribution in [2.45, 2.75) is 13.5 Å². The fraction of sp³-hybridized carbons (Fsp3) is 0.250. The molecule has 0 aliphatic heterocycles. The smallest absolute Gasteiger partial charge is 0.127 e. The van der Waals surface area contributed by atoms with E-state index in [4.69, 9.17) is 0 Å². The van der Waals surface area contributed by atoms with Crippen molar-refractivity contribution in [2.75, 3.05) is 17.2 Å². The van der Waals surface area contributed by atoms with Gasteiger partial charge in [0.1, 0.15) is 5.82 Å². The maximum atomic E-state index is 4.23. The lowest BCUT2D eigenvalue weighted by atomic mass is 10.3. The molecule has 0 saturated carbocycles. The number of anilines is 2. The molecule has 0 saturated heterocycles. The number of nitrogens with one attached hydrogen (secondary N) is 2. The molecular weight excluding hydrogens is 298 g/mol. The SMILES string of the molecule is CCNc1cc(NCc2cc(Br)cs2)ccn1. The Morgan fingerprint density at radius 1 is 1.35 bits per heavy atom. The Labute approximate surface area is 113 Å². The average molecular weight is 312 g/mol. The van der Waals surface area contributed by atoms with Gasteiger partial charge < -0.3 is 10.6 Å². The molecule has 0 bridgehead atoms. The van der Waals surface area contributed by atoms with Gasteiger partial charge in [0.25, 0.3) is 0 Å². The van der Waals surface area contributed by atoms with Gasteiger partial charge in [-0.25, -0.2) is 4.98 Å². The van der Waals surface area contributed by atoms with E-state index in [1.54, 1.807) is 11.3 Å². The highest BCUT2D eigenvalue weighted by Gasteiger charge is 1.99. The fourth-order valence-electron chi connectivity index (χ4n) is 1.45. The number of hydrogen-bond donors (Lipinski definition) is 2. The summed E-state index contributed by atoms with van der Waals surface area (Å²) in [5, 5.41) is 8.67. The van der Waals surface area contributed by atoms with Crippen molar-refractivity contribution < 1.29 is 0 Å². The van der Waals surface area contributed by atoms with Crippen molar-refractivity contribution in [3.63, 3.8) is 0 Å². The van der Waals surface area contributed by atoms with Crippen LogP contribution in [0.3, 0.4) is 0 Å². The van der Waals surface area contributed by atoms with Crippen LogP contribution in [0.25, 0.3) is 0 Å². The van der Waals surface area contributed by atoms with Crippen LogP contribution in [0.4, 0.5) is 11.5 Å². The van der Waals surface area contributed by atoms with Gasteiger partial charge in [0, 0.05) is 45.8 Å². The lowest BCUT2D eigenvalue weighted by molar-refractivity contribution is 1.14. The average Bonchev–Trinajstić information content (AvgIpc) is 2.74. The second kappa shape index (κ2) is 6.02. The summed E-state index contributed by atoms with van der Waals surface area (Å²) in [7, 11) is 0. The highest BCUT2D eigenvalue weighted by atomic mass is 79.9. The van der Waals surface area contributed by atoms with Gasteiger partial charge in [0.15, 0.2) is 0 Å². The van der Waals surface area contributed by atoms with Gasteiger partial charge in [-0.1, -0.05) is 0 Å². The van der Waals surface area contributed by atoms with Gasteiger partial charge >= 0.3 is 0 Å².